The minimum absolute atomic E-state index is 0.0527. The second-order valence-electron chi connectivity index (χ2n) is 2.82. The average molecular weight is 196 g/mol. The molecule has 0 amide bonds. The molecule has 1 heterocycles. The molecule has 0 fully saturated rings. The molecule has 74 valence electrons. The fourth-order valence-corrected chi connectivity index (χ4v) is 1.31. The first-order valence-electron chi connectivity index (χ1n) is 3.72. The SMILES string of the molecule is N=c1c2c(N)c(O)ccc2n(O)n1O. The van der Waals surface area contributed by atoms with Gasteiger partial charge in [-0.15, -0.1) is 0 Å². The number of benzene rings is 1. The predicted molar refractivity (Wildman–Crippen MR) is 46.2 cm³/mol. The third kappa shape index (κ3) is 0.777. The molecule has 0 saturated heterocycles. The number of aromatic nitrogens is 2. The number of rotatable bonds is 0. The number of anilines is 1. The number of hydrogen-bond donors (Lipinski definition) is 5. The summed E-state index contributed by atoms with van der Waals surface area (Å²) in [6.45, 7) is 0. The molecular weight excluding hydrogens is 188 g/mol. The van der Waals surface area contributed by atoms with Crippen molar-refractivity contribution < 1.29 is 15.5 Å². The number of phenols is 1. The van der Waals surface area contributed by atoms with Crippen molar-refractivity contribution in [3.8, 4) is 5.75 Å². The Balaban J connectivity index is 3.11. The molecular formula is C7H8N4O3. The smallest absolute Gasteiger partial charge is 0.195 e. The van der Waals surface area contributed by atoms with Crippen LogP contribution in [-0.2, 0) is 0 Å². The fraction of sp³-hybridized carbons (Fsp3) is 0. The van der Waals surface area contributed by atoms with Gasteiger partial charge < -0.3 is 21.3 Å². The maximum Gasteiger partial charge on any atom is 0.195 e. The van der Waals surface area contributed by atoms with Gasteiger partial charge in [-0.1, -0.05) is 9.69 Å². The maximum atomic E-state index is 9.27. The Morgan fingerprint density at radius 2 is 1.86 bits per heavy atom. The van der Waals surface area contributed by atoms with E-state index >= 15 is 0 Å². The van der Waals surface area contributed by atoms with Crippen molar-refractivity contribution >= 4 is 16.6 Å². The van der Waals surface area contributed by atoms with Gasteiger partial charge in [-0.3, -0.25) is 5.41 Å². The molecule has 6 N–H and O–H groups in total. The van der Waals surface area contributed by atoms with Crippen LogP contribution in [-0.4, -0.2) is 25.2 Å². The van der Waals surface area contributed by atoms with E-state index < -0.39 is 5.49 Å². The van der Waals surface area contributed by atoms with Gasteiger partial charge in [0, 0.05) is 0 Å². The predicted octanol–water partition coefficient (Wildman–Crippen LogP) is -0.315. The van der Waals surface area contributed by atoms with Gasteiger partial charge in [0.05, 0.1) is 11.1 Å². The number of phenolic OH excluding ortho intramolecular Hbond substituents is 1. The molecule has 0 spiro atoms. The zero-order valence-electron chi connectivity index (χ0n) is 6.97. The van der Waals surface area contributed by atoms with Gasteiger partial charge in [0.2, 0.25) is 0 Å². The highest BCUT2D eigenvalue weighted by Crippen LogP contribution is 2.26. The van der Waals surface area contributed by atoms with Crippen LogP contribution in [0.4, 0.5) is 5.69 Å². The Labute approximate surface area is 77.2 Å². The number of fused-ring (bicyclic) bond motifs is 1. The molecule has 0 atom stereocenters. The number of aromatic hydroxyl groups is 1. The van der Waals surface area contributed by atoms with E-state index in [9.17, 15) is 10.3 Å². The Kier molecular flexibility index (Phi) is 1.39. The highest BCUT2D eigenvalue weighted by atomic mass is 16.6. The molecule has 7 heteroatoms. The number of hydrogen-bond acceptors (Lipinski definition) is 5. The van der Waals surface area contributed by atoms with Gasteiger partial charge in [0.15, 0.2) is 5.49 Å². The zero-order valence-corrected chi connectivity index (χ0v) is 6.97. The molecule has 0 saturated carbocycles. The third-order valence-corrected chi connectivity index (χ3v) is 2.03. The second kappa shape index (κ2) is 2.34. The molecule has 2 rings (SSSR count). The van der Waals surface area contributed by atoms with Crippen molar-refractivity contribution in [2.24, 2.45) is 0 Å². The lowest BCUT2D eigenvalue weighted by molar-refractivity contribution is -0.0104. The van der Waals surface area contributed by atoms with Crippen LogP contribution >= 0.6 is 0 Å². The van der Waals surface area contributed by atoms with Crippen molar-refractivity contribution in [3.63, 3.8) is 0 Å². The summed E-state index contributed by atoms with van der Waals surface area (Å²) < 4.78 is 0. The van der Waals surface area contributed by atoms with Crippen molar-refractivity contribution in [3.05, 3.63) is 17.6 Å². The zero-order chi connectivity index (χ0) is 10.5. The summed E-state index contributed by atoms with van der Waals surface area (Å²) in [5.74, 6) is -0.197. The first kappa shape index (κ1) is 8.30. The second-order valence-corrected chi connectivity index (χ2v) is 2.82. The number of nitrogens with two attached hydrogens (primary N) is 1. The van der Waals surface area contributed by atoms with Gasteiger partial charge in [0.25, 0.3) is 0 Å². The monoisotopic (exact) mass is 196 g/mol. The highest BCUT2D eigenvalue weighted by molar-refractivity contribution is 5.92. The maximum absolute atomic E-state index is 9.27. The molecule has 0 unspecified atom stereocenters. The lowest BCUT2D eigenvalue weighted by atomic mass is 10.2. The molecule has 14 heavy (non-hydrogen) atoms. The number of nitrogens with zero attached hydrogens (tertiary/aromatic N) is 2. The van der Waals surface area contributed by atoms with Crippen molar-refractivity contribution in [2.75, 3.05) is 5.73 Å². The molecule has 1 aromatic heterocycles. The van der Waals surface area contributed by atoms with Gasteiger partial charge in [-0.2, -0.15) is 0 Å². The van der Waals surface area contributed by atoms with E-state index in [4.69, 9.17) is 16.4 Å². The largest absolute Gasteiger partial charge is 0.506 e. The molecule has 2 aromatic rings. The summed E-state index contributed by atoms with van der Waals surface area (Å²) in [6, 6.07) is 2.61. The number of nitrogens with one attached hydrogen (secondary N) is 1. The summed E-state index contributed by atoms with van der Waals surface area (Å²) in [4.78, 5) is 0.591. The van der Waals surface area contributed by atoms with Crippen molar-refractivity contribution in [1.29, 1.82) is 5.41 Å². The minimum atomic E-state index is -0.393. The standard InChI is InChI=1S/C7H8N4O3/c8-6-4(12)2-1-3-5(6)7(9)11(14)10(3)13/h1-2,9,12-14H,8H2. The van der Waals surface area contributed by atoms with Crippen LogP contribution in [0.2, 0.25) is 0 Å². The van der Waals surface area contributed by atoms with Crippen molar-refractivity contribution in [1.82, 2.24) is 9.69 Å². The van der Waals surface area contributed by atoms with Crippen LogP contribution in [0.1, 0.15) is 0 Å². The summed E-state index contributed by atoms with van der Waals surface area (Å²) in [7, 11) is 0. The normalized spacial score (nSPS) is 10.9. The summed E-state index contributed by atoms with van der Waals surface area (Å²) in [5.41, 5.74) is 5.18. The van der Waals surface area contributed by atoms with E-state index in [1.54, 1.807) is 0 Å². The number of nitrogen functional groups attached to an aromatic ring is 1. The van der Waals surface area contributed by atoms with E-state index in [0.29, 0.717) is 4.85 Å². The Hall–Kier alpha value is -2.31. The summed E-state index contributed by atoms with van der Waals surface area (Å²) in [6.07, 6.45) is 0. The van der Waals surface area contributed by atoms with Crippen LogP contribution in [0, 0.1) is 5.41 Å². The average Bonchev–Trinajstić information content (AvgIpc) is 2.38. The van der Waals surface area contributed by atoms with Crippen LogP contribution in [0.15, 0.2) is 12.1 Å². The van der Waals surface area contributed by atoms with Gasteiger partial charge in [0.1, 0.15) is 11.3 Å². The molecule has 0 aliphatic rings. The van der Waals surface area contributed by atoms with E-state index in [0.717, 1.165) is 0 Å². The van der Waals surface area contributed by atoms with Crippen LogP contribution in [0.5, 0.6) is 5.75 Å². The molecule has 7 nitrogen and oxygen atoms in total. The first-order chi connectivity index (χ1) is 6.54. The van der Waals surface area contributed by atoms with E-state index in [1.807, 2.05) is 0 Å². The molecule has 1 aromatic carbocycles. The third-order valence-electron chi connectivity index (χ3n) is 2.03. The van der Waals surface area contributed by atoms with Gasteiger partial charge in [-0.05, 0) is 12.1 Å². The quantitative estimate of drug-likeness (QED) is 0.225. The topological polar surface area (TPSA) is 120 Å². The lowest BCUT2D eigenvalue weighted by Crippen LogP contribution is -2.19. The Morgan fingerprint density at radius 3 is 2.50 bits per heavy atom. The van der Waals surface area contributed by atoms with Gasteiger partial charge in [-0.25, -0.2) is 0 Å². The Morgan fingerprint density at radius 1 is 1.21 bits per heavy atom. The van der Waals surface area contributed by atoms with E-state index in [2.05, 4.69) is 0 Å². The highest BCUT2D eigenvalue weighted by Gasteiger charge is 2.13. The summed E-state index contributed by atoms with van der Waals surface area (Å²) >= 11 is 0. The Bertz CT molecular complexity index is 568. The van der Waals surface area contributed by atoms with Crippen LogP contribution in [0.3, 0.4) is 0 Å². The minimum Gasteiger partial charge on any atom is -0.506 e. The van der Waals surface area contributed by atoms with Crippen LogP contribution < -0.4 is 11.2 Å². The molecule has 0 radical (unpaired) electrons. The van der Waals surface area contributed by atoms with Crippen molar-refractivity contribution in [2.45, 2.75) is 0 Å². The van der Waals surface area contributed by atoms with E-state index in [-0.39, 0.29) is 27.2 Å². The first-order valence-corrected chi connectivity index (χ1v) is 3.72. The van der Waals surface area contributed by atoms with E-state index in [1.165, 1.54) is 12.1 Å². The fourth-order valence-electron chi connectivity index (χ4n) is 1.31. The van der Waals surface area contributed by atoms with Crippen LogP contribution in [0.25, 0.3) is 10.9 Å². The van der Waals surface area contributed by atoms with Gasteiger partial charge >= 0.3 is 0 Å². The lowest BCUT2D eigenvalue weighted by Gasteiger charge is -1.98. The molecule has 0 bridgehead atoms. The molecule has 0 aliphatic carbocycles. The molecule has 0 aliphatic heterocycles. The summed E-state index contributed by atoms with van der Waals surface area (Å²) in [5, 5.41) is 35.1.